The van der Waals surface area contributed by atoms with Gasteiger partial charge in [0.15, 0.2) is 0 Å². The van der Waals surface area contributed by atoms with Gasteiger partial charge in [0.2, 0.25) is 0 Å². The van der Waals surface area contributed by atoms with Gasteiger partial charge in [-0.05, 0) is 24.5 Å². The summed E-state index contributed by atoms with van der Waals surface area (Å²) in [5.41, 5.74) is 2.94. The topological polar surface area (TPSA) is 63.1 Å². The zero-order valence-electron chi connectivity index (χ0n) is 12.6. The van der Waals surface area contributed by atoms with E-state index in [9.17, 15) is 4.79 Å². The molecule has 1 atom stereocenters. The third-order valence-electron chi connectivity index (χ3n) is 4.53. The largest absolute Gasteiger partial charge is 0.369 e. The minimum absolute atomic E-state index is 0.102. The van der Waals surface area contributed by atoms with Gasteiger partial charge in [-0.3, -0.25) is 9.48 Å². The minimum Gasteiger partial charge on any atom is -0.369 e. The van der Waals surface area contributed by atoms with Gasteiger partial charge in [-0.25, -0.2) is 4.98 Å². The zero-order valence-corrected chi connectivity index (χ0v) is 12.6. The summed E-state index contributed by atoms with van der Waals surface area (Å²) in [6, 6.07) is 2.00. The number of rotatable bonds is 2. The molecule has 1 saturated heterocycles. The van der Waals surface area contributed by atoms with Gasteiger partial charge in [-0.2, -0.15) is 5.10 Å². The second-order valence-corrected chi connectivity index (χ2v) is 6.04. The highest BCUT2D eigenvalue weighted by atomic mass is 16.2. The number of fused-ring (bicyclic) bond motifs is 1. The van der Waals surface area contributed by atoms with Gasteiger partial charge < -0.3 is 10.2 Å². The highest BCUT2D eigenvalue weighted by Crippen LogP contribution is 2.35. The van der Waals surface area contributed by atoms with Gasteiger partial charge in [0.1, 0.15) is 5.82 Å². The molecular formula is C16H19N5O. The number of carbonyl (C=O) groups excluding carboxylic acids is 1. The zero-order chi connectivity index (χ0) is 15.1. The van der Waals surface area contributed by atoms with E-state index in [0.29, 0.717) is 5.56 Å². The molecule has 2 aliphatic rings. The summed E-state index contributed by atoms with van der Waals surface area (Å²) in [6.45, 7) is 2.52. The van der Waals surface area contributed by atoms with E-state index < -0.39 is 0 Å². The summed E-state index contributed by atoms with van der Waals surface area (Å²) in [7, 11) is 1.92. The van der Waals surface area contributed by atoms with Crippen LogP contribution in [0.15, 0.2) is 24.7 Å². The van der Waals surface area contributed by atoms with Crippen LogP contribution in [0.3, 0.4) is 0 Å². The Bertz CT molecular complexity index is 717. The molecule has 1 amide bonds. The highest BCUT2D eigenvalue weighted by molar-refractivity contribution is 5.94. The Morgan fingerprint density at radius 3 is 2.86 bits per heavy atom. The van der Waals surface area contributed by atoms with Crippen LogP contribution in [0.2, 0.25) is 0 Å². The molecule has 0 aromatic carbocycles. The van der Waals surface area contributed by atoms with Crippen LogP contribution in [-0.4, -0.2) is 45.2 Å². The van der Waals surface area contributed by atoms with Crippen molar-refractivity contribution in [2.45, 2.75) is 18.8 Å². The number of hydrogen-bond acceptors (Lipinski definition) is 4. The van der Waals surface area contributed by atoms with Crippen molar-refractivity contribution in [2.24, 2.45) is 7.05 Å². The van der Waals surface area contributed by atoms with Crippen LogP contribution < -0.4 is 5.32 Å². The van der Waals surface area contributed by atoms with E-state index in [4.69, 9.17) is 0 Å². The molecule has 0 radical (unpaired) electrons. The summed E-state index contributed by atoms with van der Waals surface area (Å²) in [5.74, 6) is 1.19. The summed E-state index contributed by atoms with van der Waals surface area (Å²) >= 11 is 0. The predicted octanol–water partition coefficient (Wildman–Crippen LogP) is 1.61. The van der Waals surface area contributed by atoms with E-state index in [-0.39, 0.29) is 11.8 Å². The fraction of sp³-hybridized carbons (Fsp3) is 0.438. The average molecular weight is 297 g/mol. The Hall–Kier alpha value is -2.37. The first-order chi connectivity index (χ1) is 10.7. The van der Waals surface area contributed by atoms with Gasteiger partial charge in [0.05, 0.1) is 11.8 Å². The molecule has 6 nitrogen and oxygen atoms in total. The van der Waals surface area contributed by atoms with Crippen molar-refractivity contribution in [1.29, 1.82) is 0 Å². The van der Waals surface area contributed by atoms with Gasteiger partial charge in [0, 0.05) is 50.6 Å². The molecule has 2 aromatic heterocycles. The Balaban J connectivity index is 1.66. The van der Waals surface area contributed by atoms with Gasteiger partial charge in [-0.15, -0.1) is 0 Å². The molecule has 2 aromatic rings. The van der Waals surface area contributed by atoms with Crippen LogP contribution in [0.1, 0.15) is 40.2 Å². The fourth-order valence-corrected chi connectivity index (χ4v) is 3.34. The molecule has 6 heteroatoms. The Kier molecular flexibility index (Phi) is 3.10. The van der Waals surface area contributed by atoms with Crippen molar-refractivity contribution < 1.29 is 4.79 Å². The van der Waals surface area contributed by atoms with Gasteiger partial charge in [-0.1, -0.05) is 0 Å². The van der Waals surface area contributed by atoms with E-state index in [2.05, 4.69) is 15.4 Å². The standard InChI is InChI=1S/C16H19N5O/c1-20-10-12(8-19-20)14-9-18-15-13(14)6-11(7-17-15)16(22)21-4-2-3-5-21/h6-8,10,14H,2-5,9H2,1H3,(H,17,18). The number of aryl methyl sites for hydroxylation is 1. The molecule has 1 N–H and O–H groups in total. The molecule has 22 heavy (non-hydrogen) atoms. The lowest BCUT2D eigenvalue weighted by Crippen LogP contribution is -2.27. The smallest absolute Gasteiger partial charge is 0.255 e. The maximum absolute atomic E-state index is 12.5. The van der Waals surface area contributed by atoms with E-state index >= 15 is 0 Å². The second kappa shape index (κ2) is 5.12. The summed E-state index contributed by atoms with van der Waals surface area (Å²) in [6.07, 6.45) is 7.80. The van der Waals surface area contributed by atoms with E-state index in [1.165, 1.54) is 0 Å². The molecule has 4 rings (SSSR count). The third-order valence-corrected chi connectivity index (χ3v) is 4.53. The Labute approximate surface area is 129 Å². The lowest BCUT2D eigenvalue weighted by atomic mass is 9.96. The minimum atomic E-state index is 0.102. The van der Waals surface area contributed by atoms with Crippen LogP contribution in [0, 0.1) is 0 Å². The normalized spacial score (nSPS) is 20.0. The Morgan fingerprint density at radius 1 is 1.32 bits per heavy atom. The van der Waals surface area contributed by atoms with E-state index in [0.717, 1.165) is 49.4 Å². The summed E-state index contributed by atoms with van der Waals surface area (Å²) in [5, 5.41) is 7.57. The van der Waals surface area contributed by atoms with Gasteiger partial charge >= 0.3 is 0 Å². The number of aromatic nitrogens is 3. The molecule has 0 spiro atoms. The lowest BCUT2D eigenvalue weighted by Gasteiger charge is -2.16. The quantitative estimate of drug-likeness (QED) is 0.914. The predicted molar refractivity (Wildman–Crippen MR) is 82.9 cm³/mol. The molecule has 2 aliphatic heterocycles. The molecule has 1 unspecified atom stereocenters. The van der Waals surface area contributed by atoms with Crippen molar-refractivity contribution in [3.8, 4) is 0 Å². The van der Waals surface area contributed by atoms with Crippen molar-refractivity contribution in [3.05, 3.63) is 41.3 Å². The first kappa shape index (κ1) is 13.3. The maximum Gasteiger partial charge on any atom is 0.255 e. The third kappa shape index (κ3) is 2.15. The number of pyridine rings is 1. The summed E-state index contributed by atoms with van der Waals surface area (Å²) < 4.78 is 1.81. The first-order valence-corrected chi connectivity index (χ1v) is 7.74. The number of likely N-dealkylation sites (tertiary alicyclic amines) is 1. The average Bonchev–Trinajstić information content (AvgIpc) is 3.25. The fourth-order valence-electron chi connectivity index (χ4n) is 3.34. The molecule has 0 saturated carbocycles. The molecule has 114 valence electrons. The van der Waals surface area contributed by atoms with E-state index in [1.807, 2.05) is 30.4 Å². The van der Waals surface area contributed by atoms with Crippen LogP contribution >= 0.6 is 0 Å². The molecule has 1 fully saturated rings. The number of hydrogen-bond donors (Lipinski definition) is 1. The molecular weight excluding hydrogens is 278 g/mol. The van der Waals surface area contributed by atoms with Crippen molar-refractivity contribution in [3.63, 3.8) is 0 Å². The van der Waals surface area contributed by atoms with Crippen LogP contribution in [-0.2, 0) is 7.05 Å². The van der Waals surface area contributed by atoms with Crippen LogP contribution in [0.5, 0.6) is 0 Å². The SMILES string of the molecule is Cn1cc(C2CNc3ncc(C(=O)N4CCCC4)cc32)cn1. The summed E-state index contributed by atoms with van der Waals surface area (Å²) in [4.78, 5) is 18.9. The maximum atomic E-state index is 12.5. The number of amides is 1. The first-order valence-electron chi connectivity index (χ1n) is 7.74. The van der Waals surface area contributed by atoms with Crippen LogP contribution in [0.25, 0.3) is 0 Å². The Morgan fingerprint density at radius 2 is 2.14 bits per heavy atom. The molecule has 0 aliphatic carbocycles. The number of nitrogens with one attached hydrogen (secondary N) is 1. The van der Waals surface area contributed by atoms with E-state index in [1.54, 1.807) is 10.9 Å². The highest BCUT2D eigenvalue weighted by Gasteiger charge is 2.28. The molecule has 0 bridgehead atoms. The molecule has 4 heterocycles. The van der Waals surface area contributed by atoms with Crippen molar-refractivity contribution >= 4 is 11.7 Å². The van der Waals surface area contributed by atoms with Crippen molar-refractivity contribution in [1.82, 2.24) is 19.7 Å². The number of nitrogens with zero attached hydrogens (tertiary/aromatic N) is 4. The van der Waals surface area contributed by atoms with Gasteiger partial charge in [0.25, 0.3) is 5.91 Å². The second-order valence-electron chi connectivity index (χ2n) is 6.04. The van der Waals surface area contributed by atoms with Crippen LogP contribution in [0.4, 0.5) is 5.82 Å². The monoisotopic (exact) mass is 297 g/mol. The number of anilines is 1. The number of carbonyl (C=O) groups is 1. The lowest BCUT2D eigenvalue weighted by molar-refractivity contribution is 0.0792. The van der Waals surface area contributed by atoms with Crippen molar-refractivity contribution in [2.75, 3.05) is 25.0 Å².